The van der Waals surface area contributed by atoms with Gasteiger partial charge in [0.05, 0.1) is 0 Å². The molecule has 0 fully saturated rings. The Hall–Kier alpha value is -1.47. The Bertz CT molecular complexity index is 510. The first kappa shape index (κ1) is 17.6. The third kappa shape index (κ3) is 4.01. The zero-order valence-corrected chi connectivity index (χ0v) is 11.8. The van der Waals surface area contributed by atoms with Crippen LogP contribution in [0.25, 0.3) is 0 Å². The predicted octanol–water partition coefficient (Wildman–Crippen LogP) is 4.92. The van der Waals surface area contributed by atoms with Crippen LogP contribution in [-0.4, -0.2) is 9.78 Å². The van der Waals surface area contributed by atoms with Crippen LogP contribution >= 0.6 is 0 Å². The molecular formula is C13H16F6N2. The van der Waals surface area contributed by atoms with Crippen LogP contribution in [0.15, 0.2) is 12.2 Å². The Kier molecular flexibility index (Phi) is 5.11. The summed E-state index contributed by atoms with van der Waals surface area (Å²) in [6.45, 7) is 3.16. The molecule has 1 unspecified atom stereocenters. The van der Waals surface area contributed by atoms with Crippen LogP contribution in [0.4, 0.5) is 26.3 Å². The molecule has 1 rings (SSSR count). The summed E-state index contributed by atoms with van der Waals surface area (Å²) in [7, 11) is 0.871. The summed E-state index contributed by atoms with van der Waals surface area (Å²) in [5.74, 6) is -0.935. The molecule has 2 nitrogen and oxygen atoms in total. The second-order valence-corrected chi connectivity index (χ2v) is 4.75. The lowest BCUT2D eigenvalue weighted by molar-refractivity contribution is -0.145. The standard InChI is InChI=1S/C13H16F6N2/c1-4-5-6-7-8(2)9-10(12(14,15)16)20-21(3)11(9)13(17,18)19/h5-6,8H,4,7H2,1-3H3/b6-5-. The molecule has 0 aromatic carbocycles. The van der Waals surface area contributed by atoms with E-state index in [-0.39, 0.29) is 11.1 Å². The highest BCUT2D eigenvalue weighted by Crippen LogP contribution is 2.42. The Morgan fingerprint density at radius 2 is 1.67 bits per heavy atom. The number of allylic oxidation sites excluding steroid dienone is 2. The largest absolute Gasteiger partial charge is 0.435 e. The van der Waals surface area contributed by atoms with Gasteiger partial charge in [-0.05, 0) is 18.8 Å². The first-order chi connectivity index (χ1) is 9.50. The van der Waals surface area contributed by atoms with Crippen molar-refractivity contribution in [2.45, 2.75) is 45.0 Å². The Morgan fingerprint density at radius 1 is 1.10 bits per heavy atom. The van der Waals surface area contributed by atoms with Crippen molar-refractivity contribution in [3.63, 3.8) is 0 Å². The van der Waals surface area contributed by atoms with Crippen LogP contribution < -0.4 is 0 Å². The molecule has 1 aromatic rings. The topological polar surface area (TPSA) is 17.8 Å². The Labute approximate surface area is 118 Å². The average molecular weight is 314 g/mol. The molecule has 0 saturated heterocycles. The van der Waals surface area contributed by atoms with Crippen LogP contribution in [0, 0.1) is 0 Å². The third-order valence-electron chi connectivity index (χ3n) is 3.01. The van der Waals surface area contributed by atoms with E-state index in [1.807, 2.05) is 6.92 Å². The number of rotatable bonds is 4. The van der Waals surface area contributed by atoms with E-state index in [9.17, 15) is 26.3 Å². The summed E-state index contributed by atoms with van der Waals surface area (Å²) in [6.07, 6.45) is -5.77. The van der Waals surface area contributed by atoms with Gasteiger partial charge in [0.25, 0.3) is 0 Å². The van der Waals surface area contributed by atoms with Gasteiger partial charge in [-0.15, -0.1) is 0 Å². The summed E-state index contributed by atoms with van der Waals surface area (Å²) in [6, 6.07) is 0. The Balaban J connectivity index is 3.40. The van der Waals surface area contributed by atoms with Gasteiger partial charge in [0.1, 0.15) is 5.69 Å². The highest BCUT2D eigenvalue weighted by molar-refractivity contribution is 5.34. The molecule has 0 bridgehead atoms. The molecule has 0 amide bonds. The molecule has 1 aromatic heterocycles. The first-order valence-corrected chi connectivity index (χ1v) is 6.36. The first-order valence-electron chi connectivity index (χ1n) is 6.36. The van der Waals surface area contributed by atoms with E-state index in [1.54, 1.807) is 12.2 Å². The molecule has 21 heavy (non-hydrogen) atoms. The molecule has 0 radical (unpaired) electrons. The molecule has 0 aliphatic carbocycles. The molecule has 0 saturated carbocycles. The second-order valence-electron chi connectivity index (χ2n) is 4.75. The molecule has 120 valence electrons. The van der Waals surface area contributed by atoms with Gasteiger partial charge in [-0.25, -0.2) is 0 Å². The normalized spacial score (nSPS) is 14.9. The van der Waals surface area contributed by atoms with Gasteiger partial charge in [0.2, 0.25) is 0 Å². The summed E-state index contributed by atoms with van der Waals surface area (Å²) < 4.78 is 78.1. The maximum absolute atomic E-state index is 13.0. The van der Waals surface area contributed by atoms with Crippen molar-refractivity contribution in [2.24, 2.45) is 7.05 Å². The summed E-state index contributed by atoms with van der Waals surface area (Å²) in [5.41, 5.74) is -3.60. The lowest BCUT2D eigenvalue weighted by atomic mass is 9.94. The number of aromatic nitrogens is 2. The van der Waals surface area contributed by atoms with Crippen molar-refractivity contribution in [3.05, 3.63) is 29.1 Å². The highest BCUT2D eigenvalue weighted by Gasteiger charge is 2.46. The number of alkyl halides is 6. The minimum Gasteiger partial charge on any atom is -0.263 e. The van der Waals surface area contributed by atoms with Gasteiger partial charge in [0.15, 0.2) is 5.69 Å². The lowest BCUT2D eigenvalue weighted by Crippen LogP contribution is -2.16. The van der Waals surface area contributed by atoms with Crippen LogP contribution in [0.1, 0.15) is 49.6 Å². The monoisotopic (exact) mass is 314 g/mol. The van der Waals surface area contributed by atoms with Gasteiger partial charge in [-0.1, -0.05) is 26.0 Å². The van der Waals surface area contributed by atoms with E-state index in [2.05, 4.69) is 5.10 Å². The second kappa shape index (κ2) is 6.11. The zero-order valence-electron chi connectivity index (χ0n) is 11.8. The summed E-state index contributed by atoms with van der Waals surface area (Å²) >= 11 is 0. The van der Waals surface area contributed by atoms with Gasteiger partial charge >= 0.3 is 12.4 Å². The van der Waals surface area contributed by atoms with Crippen LogP contribution in [-0.2, 0) is 19.4 Å². The van der Waals surface area contributed by atoms with Gasteiger partial charge in [-0.3, -0.25) is 4.68 Å². The zero-order chi connectivity index (χ0) is 16.4. The van der Waals surface area contributed by atoms with Crippen molar-refractivity contribution < 1.29 is 26.3 Å². The van der Waals surface area contributed by atoms with E-state index in [0.29, 0.717) is 6.42 Å². The number of hydrogen-bond donors (Lipinski definition) is 0. The third-order valence-corrected chi connectivity index (χ3v) is 3.01. The predicted molar refractivity (Wildman–Crippen MR) is 65.7 cm³/mol. The SMILES string of the molecule is CC/C=C\CC(C)c1c(C(F)(F)F)nn(C)c1C(F)(F)F. The number of nitrogens with zero attached hydrogens (tertiary/aromatic N) is 2. The van der Waals surface area contributed by atoms with E-state index in [4.69, 9.17) is 0 Å². The minimum atomic E-state index is -4.92. The maximum atomic E-state index is 13.0. The number of halogens is 6. The van der Waals surface area contributed by atoms with Gasteiger partial charge in [0, 0.05) is 12.6 Å². The van der Waals surface area contributed by atoms with Crippen LogP contribution in [0.3, 0.4) is 0 Å². The molecule has 0 aliphatic heterocycles. The fourth-order valence-corrected chi connectivity index (χ4v) is 2.14. The van der Waals surface area contributed by atoms with Crippen molar-refractivity contribution >= 4 is 0 Å². The number of aryl methyl sites for hydroxylation is 1. The van der Waals surface area contributed by atoms with Crippen molar-refractivity contribution in [3.8, 4) is 0 Å². The molecule has 0 aliphatic rings. The Morgan fingerprint density at radius 3 is 2.10 bits per heavy atom. The van der Waals surface area contributed by atoms with E-state index >= 15 is 0 Å². The van der Waals surface area contributed by atoms with Crippen LogP contribution in [0.2, 0.25) is 0 Å². The van der Waals surface area contributed by atoms with Crippen molar-refractivity contribution in [2.75, 3.05) is 0 Å². The summed E-state index contributed by atoms with van der Waals surface area (Å²) in [5, 5.41) is 3.05. The molecule has 8 heteroatoms. The van der Waals surface area contributed by atoms with Gasteiger partial charge < -0.3 is 0 Å². The van der Waals surface area contributed by atoms with E-state index in [1.165, 1.54) is 6.92 Å². The quantitative estimate of drug-likeness (QED) is 0.570. The molecular weight excluding hydrogens is 298 g/mol. The van der Waals surface area contributed by atoms with Crippen molar-refractivity contribution in [1.29, 1.82) is 0 Å². The smallest absolute Gasteiger partial charge is 0.263 e. The van der Waals surface area contributed by atoms with E-state index in [0.717, 1.165) is 7.05 Å². The fourth-order valence-electron chi connectivity index (χ4n) is 2.14. The maximum Gasteiger partial charge on any atom is 0.435 e. The van der Waals surface area contributed by atoms with Crippen LogP contribution in [0.5, 0.6) is 0 Å². The van der Waals surface area contributed by atoms with Gasteiger partial charge in [-0.2, -0.15) is 31.4 Å². The molecule has 0 N–H and O–H groups in total. The molecule has 1 atom stereocenters. The number of hydrogen-bond acceptors (Lipinski definition) is 1. The average Bonchev–Trinajstić information content (AvgIpc) is 2.66. The molecule has 1 heterocycles. The van der Waals surface area contributed by atoms with E-state index < -0.39 is 35.2 Å². The summed E-state index contributed by atoms with van der Waals surface area (Å²) in [4.78, 5) is 0. The fraction of sp³-hybridized carbons (Fsp3) is 0.615. The minimum absolute atomic E-state index is 0.0890. The lowest BCUT2D eigenvalue weighted by Gasteiger charge is -2.16. The van der Waals surface area contributed by atoms with Crippen molar-refractivity contribution in [1.82, 2.24) is 9.78 Å². The molecule has 0 spiro atoms. The highest BCUT2D eigenvalue weighted by atomic mass is 19.4.